The second kappa shape index (κ2) is 12.3. The number of aryl methyl sites for hydroxylation is 2. The summed E-state index contributed by atoms with van der Waals surface area (Å²) < 4.78 is 5.75. The molecule has 2 aromatic heterocycles. The summed E-state index contributed by atoms with van der Waals surface area (Å²) in [6.45, 7) is 8.49. The highest BCUT2D eigenvalue weighted by atomic mass is 127. The van der Waals surface area contributed by atoms with Gasteiger partial charge in [0.25, 0.3) is 0 Å². The summed E-state index contributed by atoms with van der Waals surface area (Å²) in [4.78, 5) is 21.5. The summed E-state index contributed by atoms with van der Waals surface area (Å²) >= 11 is 0. The van der Waals surface area contributed by atoms with Crippen LogP contribution in [0.2, 0.25) is 0 Å². The minimum Gasteiger partial charge on any atom is -0.444 e. The topological polar surface area (TPSA) is 85.6 Å². The quantitative estimate of drug-likeness (QED) is 0.249. The average molecular weight is 578 g/mol. The molecule has 1 aliphatic heterocycles. The van der Waals surface area contributed by atoms with Crippen LogP contribution in [0, 0.1) is 19.8 Å². The number of aromatic nitrogens is 3. The lowest BCUT2D eigenvalue weighted by Crippen LogP contribution is -2.43. The Kier molecular flexibility index (Phi) is 9.52. The molecular weight excluding hydrogens is 541 g/mol. The molecule has 184 valence electrons. The number of rotatable bonds is 7. The molecule has 1 saturated heterocycles. The van der Waals surface area contributed by atoms with Crippen molar-refractivity contribution in [3.8, 4) is 11.3 Å². The number of hydrogen-bond donors (Lipinski definition) is 2. The van der Waals surface area contributed by atoms with E-state index in [0.29, 0.717) is 12.5 Å². The molecule has 0 unspecified atom stereocenters. The third-order valence-corrected chi connectivity index (χ3v) is 6.36. The molecule has 1 aromatic carbocycles. The van der Waals surface area contributed by atoms with E-state index in [9.17, 15) is 0 Å². The Morgan fingerprint density at radius 1 is 1.24 bits per heavy atom. The Labute approximate surface area is 219 Å². The molecule has 34 heavy (non-hydrogen) atoms. The van der Waals surface area contributed by atoms with E-state index in [1.807, 2.05) is 52.3 Å². The van der Waals surface area contributed by atoms with Crippen molar-refractivity contribution in [2.24, 2.45) is 10.9 Å². The highest BCUT2D eigenvalue weighted by Gasteiger charge is 2.21. The first-order valence-electron chi connectivity index (χ1n) is 11.7. The molecule has 4 rings (SSSR count). The summed E-state index contributed by atoms with van der Waals surface area (Å²) in [5.41, 5.74) is 3.16. The lowest BCUT2D eigenvalue weighted by Gasteiger charge is -2.32. The molecule has 0 amide bonds. The first kappa shape index (κ1) is 26.2. The Morgan fingerprint density at radius 2 is 1.97 bits per heavy atom. The van der Waals surface area contributed by atoms with Gasteiger partial charge in [-0.2, -0.15) is 0 Å². The van der Waals surface area contributed by atoms with Crippen molar-refractivity contribution in [3.63, 3.8) is 0 Å². The van der Waals surface area contributed by atoms with Gasteiger partial charge < -0.3 is 19.6 Å². The fraction of sp³-hybridized carbons (Fsp3) is 0.480. The lowest BCUT2D eigenvalue weighted by molar-refractivity contribution is 0.163. The molecule has 0 aliphatic carbocycles. The third kappa shape index (κ3) is 6.82. The zero-order valence-electron chi connectivity index (χ0n) is 20.5. The summed E-state index contributed by atoms with van der Waals surface area (Å²) in [6.07, 6.45) is 4.21. The zero-order chi connectivity index (χ0) is 23.2. The minimum atomic E-state index is 0. The van der Waals surface area contributed by atoms with Gasteiger partial charge in [-0.25, -0.2) is 9.97 Å². The number of piperidine rings is 1. The SMILES string of the molecule is CN=C(NCC1CCN(Cc2nc(C)c(C)o2)CC1)N(C)Cc1ncc(-c2ccccc2)[nH]1.I. The predicted molar refractivity (Wildman–Crippen MR) is 146 cm³/mol. The fourth-order valence-corrected chi connectivity index (χ4v) is 4.27. The molecule has 0 atom stereocenters. The summed E-state index contributed by atoms with van der Waals surface area (Å²) in [5, 5.41) is 3.56. The van der Waals surface area contributed by atoms with Crippen molar-refractivity contribution in [2.75, 3.05) is 33.7 Å². The highest BCUT2D eigenvalue weighted by molar-refractivity contribution is 14.0. The first-order chi connectivity index (χ1) is 16.0. The normalized spacial score (nSPS) is 15.2. The molecule has 3 aromatic rings. The Hall–Kier alpha value is -2.40. The van der Waals surface area contributed by atoms with Crippen LogP contribution in [-0.4, -0.2) is 64.4 Å². The maximum Gasteiger partial charge on any atom is 0.208 e. The smallest absolute Gasteiger partial charge is 0.208 e. The molecule has 0 saturated carbocycles. The van der Waals surface area contributed by atoms with Gasteiger partial charge >= 0.3 is 0 Å². The van der Waals surface area contributed by atoms with Crippen molar-refractivity contribution in [3.05, 3.63) is 59.7 Å². The number of halogens is 1. The number of nitrogens with zero attached hydrogens (tertiary/aromatic N) is 5. The molecule has 1 fully saturated rings. The maximum absolute atomic E-state index is 5.75. The van der Waals surface area contributed by atoms with E-state index in [0.717, 1.165) is 79.4 Å². The van der Waals surface area contributed by atoms with Crippen LogP contribution >= 0.6 is 24.0 Å². The first-order valence-corrected chi connectivity index (χ1v) is 11.7. The number of H-pyrrole nitrogens is 1. The lowest BCUT2D eigenvalue weighted by atomic mass is 9.97. The van der Waals surface area contributed by atoms with Crippen LogP contribution in [0.3, 0.4) is 0 Å². The van der Waals surface area contributed by atoms with Crippen LogP contribution in [0.5, 0.6) is 0 Å². The van der Waals surface area contributed by atoms with Crippen LogP contribution in [0.4, 0.5) is 0 Å². The van der Waals surface area contributed by atoms with Gasteiger partial charge in [-0.3, -0.25) is 9.89 Å². The largest absolute Gasteiger partial charge is 0.444 e. The van der Waals surface area contributed by atoms with Gasteiger partial charge in [-0.15, -0.1) is 24.0 Å². The number of aliphatic imine (C=N–C) groups is 1. The van der Waals surface area contributed by atoms with Crippen molar-refractivity contribution < 1.29 is 4.42 Å². The van der Waals surface area contributed by atoms with E-state index in [4.69, 9.17) is 4.42 Å². The molecule has 8 nitrogen and oxygen atoms in total. The van der Waals surface area contributed by atoms with Crippen LogP contribution in [0.15, 0.2) is 45.9 Å². The van der Waals surface area contributed by atoms with E-state index >= 15 is 0 Å². The Bertz CT molecular complexity index is 1030. The van der Waals surface area contributed by atoms with Crippen LogP contribution in [0.1, 0.15) is 36.0 Å². The molecule has 3 heterocycles. The van der Waals surface area contributed by atoms with E-state index in [-0.39, 0.29) is 24.0 Å². The minimum absolute atomic E-state index is 0. The molecule has 0 radical (unpaired) electrons. The maximum atomic E-state index is 5.75. The zero-order valence-corrected chi connectivity index (χ0v) is 22.9. The van der Waals surface area contributed by atoms with Crippen LogP contribution in [0.25, 0.3) is 11.3 Å². The van der Waals surface area contributed by atoms with Gasteiger partial charge in [0.15, 0.2) is 5.96 Å². The molecule has 0 bridgehead atoms. The van der Waals surface area contributed by atoms with Gasteiger partial charge in [-0.1, -0.05) is 30.3 Å². The van der Waals surface area contributed by atoms with E-state index in [2.05, 4.69) is 47.2 Å². The van der Waals surface area contributed by atoms with Crippen LogP contribution < -0.4 is 5.32 Å². The summed E-state index contributed by atoms with van der Waals surface area (Å²) in [6, 6.07) is 10.3. The number of hydrogen-bond acceptors (Lipinski definition) is 5. The van der Waals surface area contributed by atoms with Gasteiger partial charge in [0.05, 0.1) is 30.7 Å². The van der Waals surface area contributed by atoms with Crippen molar-refractivity contribution in [2.45, 2.75) is 39.8 Å². The molecular formula is C25H36IN7O. The number of likely N-dealkylation sites (tertiary alicyclic amines) is 1. The van der Waals surface area contributed by atoms with Crippen LogP contribution in [-0.2, 0) is 13.1 Å². The van der Waals surface area contributed by atoms with Crippen molar-refractivity contribution >= 4 is 29.9 Å². The molecule has 9 heteroatoms. The van der Waals surface area contributed by atoms with Gasteiger partial charge in [0.1, 0.15) is 11.6 Å². The number of imidazole rings is 1. The fourth-order valence-electron chi connectivity index (χ4n) is 4.27. The van der Waals surface area contributed by atoms with Gasteiger partial charge in [0.2, 0.25) is 5.89 Å². The highest BCUT2D eigenvalue weighted by Crippen LogP contribution is 2.20. The van der Waals surface area contributed by atoms with Gasteiger partial charge in [-0.05, 0) is 51.3 Å². The van der Waals surface area contributed by atoms with E-state index in [1.54, 1.807) is 0 Å². The van der Waals surface area contributed by atoms with Crippen molar-refractivity contribution in [1.29, 1.82) is 0 Å². The number of oxazole rings is 1. The monoisotopic (exact) mass is 577 g/mol. The molecule has 0 spiro atoms. The van der Waals surface area contributed by atoms with Crippen molar-refractivity contribution in [1.82, 2.24) is 30.1 Å². The summed E-state index contributed by atoms with van der Waals surface area (Å²) in [7, 11) is 3.88. The number of guanidine groups is 1. The van der Waals surface area contributed by atoms with E-state index < -0.39 is 0 Å². The molecule has 2 N–H and O–H groups in total. The average Bonchev–Trinajstić information content (AvgIpc) is 3.41. The predicted octanol–water partition coefficient (Wildman–Crippen LogP) is 4.22. The Morgan fingerprint density at radius 3 is 2.62 bits per heavy atom. The van der Waals surface area contributed by atoms with Gasteiger partial charge in [0, 0.05) is 20.6 Å². The number of aromatic amines is 1. The standard InChI is InChI=1S/C25H35N7O.HI/c1-18-19(2)33-24(29-18)17-32-12-10-20(11-13-32)14-28-25(26-3)31(4)16-23-27-15-22(30-23)21-8-6-5-7-9-21;/h5-9,15,20H,10-14,16-17H2,1-4H3,(H,26,28)(H,27,30);1H. The molecule has 1 aliphatic rings. The number of benzene rings is 1. The second-order valence-electron chi connectivity index (χ2n) is 8.86. The van der Waals surface area contributed by atoms with E-state index in [1.165, 1.54) is 0 Å². The third-order valence-electron chi connectivity index (χ3n) is 6.36. The second-order valence-corrected chi connectivity index (χ2v) is 8.86. The number of nitrogens with one attached hydrogen (secondary N) is 2. The summed E-state index contributed by atoms with van der Waals surface area (Å²) in [5.74, 6) is 4.19. The Balaban J connectivity index is 0.00000324.